The lowest BCUT2D eigenvalue weighted by molar-refractivity contribution is -0.132. The summed E-state index contributed by atoms with van der Waals surface area (Å²) < 4.78 is 12.9. The molecular weight excluding hydrogens is 550 g/mol. The molecule has 0 radical (unpaired) electrons. The van der Waals surface area contributed by atoms with Crippen LogP contribution in [0.2, 0.25) is 0 Å². The molecule has 2 aromatic heterocycles. The molecule has 0 atom stereocenters. The quantitative estimate of drug-likeness (QED) is 0.193. The highest BCUT2D eigenvalue weighted by molar-refractivity contribution is 7.17. The zero-order valence-corrected chi connectivity index (χ0v) is 26.2. The van der Waals surface area contributed by atoms with Crippen LogP contribution in [0.15, 0.2) is 42.5 Å². The Balaban J connectivity index is 1.66. The van der Waals surface area contributed by atoms with Crippen molar-refractivity contribution in [1.82, 2.24) is 9.47 Å². The Morgan fingerprint density at radius 1 is 0.976 bits per heavy atom. The average Bonchev–Trinajstić information content (AvgIpc) is 3.48. The van der Waals surface area contributed by atoms with Crippen LogP contribution < -0.4 is 10.1 Å². The van der Waals surface area contributed by atoms with E-state index >= 15 is 0 Å². The van der Waals surface area contributed by atoms with Crippen molar-refractivity contribution in [3.05, 3.63) is 69.7 Å². The third-order valence-electron chi connectivity index (χ3n) is 7.64. The lowest BCUT2D eigenvalue weighted by Gasteiger charge is -2.18. The molecule has 0 aliphatic rings. The minimum absolute atomic E-state index is 0.0459. The first-order chi connectivity index (χ1) is 20.2. The number of aromatic nitrogens is 1. The lowest BCUT2D eigenvalue weighted by atomic mass is 10.0. The molecule has 0 spiro atoms. The van der Waals surface area contributed by atoms with E-state index in [4.69, 9.17) is 9.47 Å². The lowest BCUT2D eigenvalue weighted by Crippen LogP contribution is -2.34. The summed E-state index contributed by atoms with van der Waals surface area (Å²) in [6.07, 6.45) is 0.912. The van der Waals surface area contributed by atoms with Gasteiger partial charge in [-0.2, -0.15) is 0 Å². The topological polar surface area (TPSA) is 89.9 Å². The molecule has 0 saturated heterocycles. The van der Waals surface area contributed by atoms with Gasteiger partial charge < -0.3 is 24.3 Å². The number of thiophene rings is 1. The van der Waals surface area contributed by atoms with Crippen molar-refractivity contribution in [2.24, 2.45) is 0 Å². The highest BCUT2D eigenvalue weighted by Crippen LogP contribution is 2.41. The second kappa shape index (κ2) is 13.2. The third-order valence-corrected chi connectivity index (χ3v) is 8.66. The molecule has 1 N–H and O–H groups in total. The maximum Gasteiger partial charge on any atom is 0.341 e. The summed E-state index contributed by atoms with van der Waals surface area (Å²) in [7, 11) is 1.33. The molecular formula is C33H39N3O5S. The van der Waals surface area contributed by atoms with Crippen LogP contribution in [-0.2, 0) is 22.5 Å². The first-order valence-electron chi connectivity index (χ1n) is 14.3. The van der Waals surface area contributed by atoms with Crippen LogP contribution in [0.25, 0.3) is 22.0 Å². The van der Waals surface area contributed by atoms with Crippen molar-refractivity contribution < 1.29 is 23.9 Å². The Kier molecular flexibility index (Phi) is 9.73. The summed E-state index contributed by atoms with van der Waals surface area (Å²) in [5, 5.41) is 4.53. The maximum atomic E-state index is 13.8. The molecule has 2 heterocycles. The van der Waals surface area contributed by atoms with Gasteiger partial charge >= 0.3 is 5.97 Å². The number of anilines is 1. The number of amides is 2. The van der Waals surface area contributed by atoms with E-state index in [1.807, 2.05) is 51.3 Å². The Morgan fingerprint density at radius 3 is 2.26 bits per heavy atom. The molecule has 2 aromatic carbocycles. The fourth-order valence-electron chi connectivity index (χ4n) is 5.38. The smallest absolute Gasteiger partial charge is 0.341 e. The second-order valence-electron chi connectivity index (χ2n) is 9.99. The summed E-state index contributed by atoms with van der Waals surface area (Å²) in [6.45, 7) is 13.7. The number of benzene rings is 2. The van der Waals surface area contributed by atoms with Gasteiger partial charge in [-0.05, 0) is 82.0 Å². The van der Waals surface area contributed by atoms with Gasteiger partial charge in [-0.25, -0.2) is 4.79 Å². The van der Waals surface area contributed by atoms with E-state index in [1.165, 1.54) is 24.0 Å². The van der Waals surface area contributed by atoms with E-state index in [2.05, 4.69) is 30.4 Å². The molecule has 4 aromatic rings. The number of rotatable bonds is 11. The van der Waals surface area contributed by atoms with Crippen molar-refractivity contribution >= 4 is 45.0 Å². The van der Waals surface area contributed by atoms with Crippen LogP contribution in [0, 0.1) is 13.8 Å². The first kappa shape index (κ1) is 30.8. The monoisotopic (exact) mass is 589 g/mol. The fourth-order valence-corrected chi connectivity index (χ4v) is 6.44. The highest BCUT2D eigenvalue weighted by atomic mass is 32.1. The number of esters is 1. The zero-order chi connectivity index (χ0) is 30.6. The van der Waals surface area contributed by atoms with Crippen LogP contribution in [0.1, 0.15) is 64.5 Å². The minimum atomic E-state index is -0.532. The number of carbonyl (C=O) groups excluding carboxylic acids is 3. The van der Waals surface area contributed by atoms with E-state index in [9.17, 15) is 14.4 Å². The highest BCUT2D eigenvalue weighted by Gasteiger charge is 2.27. The first-order valence-corrected chi connectivity index (χ1v) is 15.2. The Bertz CT molecular complexity index is 1610. The molecule has 222 valence electrons. The van der Waals surface area contributed by atoms with E-state index in [0.717, 1.165) is 33.3 Å². The number of nitrogens with one attached hydrogen (secondary N) is 1. The van der Waals surface area contributed by atoms with Crippen molar-refractivity contribution in [3.8, 4) is 16.9 Å². The summed E-state index contributed by atoms with van der Waals surface area (Å²) in [6, 6.07) is 13.5. The largest absolute Gasteiger partial charge is 0.484 e. The summed E-state index contributed by atoms with van der Waals surface area (Å²) in [5.74, 6) is -0.332. The number of fused-ring (bicyclic) bond motifs is 1. The third kappa shape index (κ3) is 5.92. The van der Waals surface area contributed by atoms with Crippen molar-refractivity contribution in [1.29, 1.82) is 0 Å². The second-order valence-corrected chi connectivity index (χ2v) is 11.2. The van der Waals surface area contributed by atoms with Gasteiger partial charge in [0.2, 0.25) is 0 Å². The maximum absolute atomic E-state index is 13.8. The molecule has 4 rings (SSSR count). The SMILES string of the molecule is CCc1ccc2c(c1)c(C)c(C(=O)Nc1sc(C)c(-c3ccc(OCC(=O)N(CC)CC)cc3)c1C(=O)OC)n2CC. The van der Waals surface area contributed by atoms with Crippen molar-refractivity contribution in [3.63, 3.8) is 0 Å². The van der Waals surface area contributed by atoms with E-state index < -0.39 is 5.97 Å². The van der Waals surface area contributed by atoms with Crippen LogP contribution in [0.3, 0.4) is 0 Å². The molecule has 0 aliphatic heterocycles. The molecule has 0 fully saturated rings. The number of methoxy groups -OCH3 is 1. The average molecular weight is 590 g/mol. The van der Waals surface area contributed by atoms with Crippen LogP contribution in [0.4, 0.5) is 5.00 Å². The van der Waals surface area contributed by atoms with E-state index in [1.54, 1.807) is 17.0 Å². The Hall–Kier alpha value is -4.11. The van der Waals surface area contributed by atoms with Gasteiger partial charge in [0.15, 0.2) is 6.61 Å². The number of aryl methyl sites for hydroxylation is 4. The number of carbonyl (C=O) groups is 3. The normalized spacial score (nSPS) is 11.0. The van der Waals surface area contributed by atoms with Gasteiger partial charge in [-0.15, -0.1) is 11.3 Å². The minimum Gasteiger partial charge on any atom is -0.484 e. The standard InChI is InChI=1S/C33H39N3O5S/c1-8-22-12-17-26-25(18-22)20(5)30(36(26)11-4)31(38)34-32-29(33(39)40-7)28(21(6)42-32)23-13-15-24(16-14-23)41-19-27(37)35(9-2)10-3/h12-18H,8-11,19H2,1-7H3,(H,34,38). The van der Waals surface area contributed by atoms with Crippen molar-refractivity contribution in [2.75, 3.05) is 32.1 Å². The number of hydrogen-bond donors (Lipinski definition) is 1. The fraction of sp³-hybridized carbons (Fsp3) is 0.364. The Labute approximate surface area is 251 Å². The number of likely N-dealkylation sites (N-methyl/N-ethyl adjacent to an activating group) is 1. The molecule has 0 saturated carbocycles. The van der Waals surface area contributed by atoms with Gasteiger partial charge in [0.25, 0.3) is 11.8 Å². The van der Waals surface area contributed by atoms with Gasteiger partial charge in [-0.3, -0.25) is 9.59 Å². The molecule has 9 heteroatoms. The van der Waals surface area contributed by atoms with Gasteiger partial charge in [0, 0.05) is 41.0 Å². The van der Waals surface area contributed by atoms with E-state index in [0.29, 0.717) is 47.2 Å². The molecule has 8 nitrogen and oxygen atoms in total. The van der Waals surface area contributed by atoms with Gasteiger partial charge in [0.1, 0.15) is 22.0 Å². The van der Waals surface area contributed by atoms with Gasteiger partial charge in [0.05, 0.1) is 7.11 Å². The number of nitrogens with zero attached hydrogens (tertiary/aromatic N) is 2. The predicted octanol–water partition coefficient (Wildman–Crippen LogP) is 6.86. The Morgan fingerprint density at radius 2 is 1.67 bits per heavy atom. The molecule has 0 unspecified atom stereocenters. The predicted molar refractivity (Wildman–Crippen MR) is 169 cm³/mol. The van der Waals surface area contributed by atoms with Gasteiger partial charge in [-0.1, -0.05) is 25.1 Å². The molecule has 0 aliphatic carbocycles. The molecule has 2 amide bonds. The van der Waals surface area contributed by atoms with Crippen LogP contribution in [-0.4, -0.2) is 54.1 Å². The summed E-state index contributed by atoms with van der Waals surface area (Å²) in [5.41, 5.74) is 5.47. The summed E-state index contributed by atoms with van der Waals surface area (Å²) in [4.78, 5) is 41.8. The molecule has 0 bridgehead atoms. The zero-order valence-electron chi connectivity index (χ0n) is 25.4. The van der Waals surface area contributed by atoms with Crippen LogP contribution >= 0.6 is 11.3 Å². The number of hydrogen-bond acceptors (Lipinski definition) is 6. The molecule has 42 heavy (non-hydrogen) atoms. The summed E-state index contributed by atoms with van der Waals surface area (Å²) >= 11 is 1.34. The van der Waals surface area contributed by atoms with Crippen LogP contribution in [0.5, 0.6) is 5.75 Å². The number of ether oxygens (including phenoxy) is 2. The van der Waals surface area contributed by atoms with E-state index in [-0.39, 0.29) is 18.4 Å². The van der Waals surface area contributed by atoms with Crippen molar-refractivity contribution in [2.45, 2.75) is 54.5 Å².